The predicted molar refractivity (Wildman–Crippen MR) is 128 cm³/mol. The van der Waals surface area contributed by atoms with E-state index in [-0.39, 0.29) is 16.1 Å². The monoisotopic (exact) mass is 485 g/mol. The lowest BCUT2D eigenvalue weighted by Crippen LogP contribution is -2.10. The van der Waals surface area contributed by atoms with E-state index in [0.717, 1.165) is 43.3 Å². The maximum atomic E-state index is 15.3. The molecule has 0 atom stereocenters. The van der Waals surface area contributed by atoms with Gasteiger partial charge >= 0.3 is 0 Å². The zero-order valence-corrected chi connectivity index (χ0v) is 19.1. The molecule has 2 heterocycles. The molecule has 2 aromatic carbocycles. The van der Waals surface area contributed by atoms with E-state index >= 15 is 4.39 Å². The maximum absolute atomic E-state index is 15.3. The summed E-state index contributed by atoms with van der Waals surface area (Å²) in [4.78, 5) is 24.7. The number of fused-ring (bicyclic) bond motifs is 1. The number of nitrogens with zero attached hydrogens (tertiary/aromatic N) is 2. The number of aromatic amines is 1. The molecule has 0 aliphatic carbocycles. The number of carbonyl (C=O) groups is 1. The molecular formula is C24H22F3N5OS. The summed E-state index contributed by atoms with van der Waals surface area (Å²) in [5, 5.41) is 3.54. The zero-order chi connectivity index (χ0) is 24.1. The molecule has 34 heavy (non-hydrogen) atoms. The third-order valence-corrected chi connectivity index (χ3v) is 6.09. The Morgan fingerprint density at radius 3 is 2.68 bits per heavy atom. The van der Waals surface area contributed by atoms with E-state index in [1.807, 2.05) is 0 Å². The van der Waals surface area contributed by atoms with E-state index in [4.69, 9.17) is 0 Å². The van der Waals surface area contributed by atoms with Crippen molar-refractivity contribution in [2.24, 2.45) is 0 Å². The Labute approximate surface area is 198 Å². The molecule has 0 bridgehead atoms. The fraction of sp³-hybridized carbons (Fsp3) is 0.208. The lowest BCUT2D eigenvalue weighted by Gasteiger charge is -2.11. The number of halogens is 3. The molecule has 6 nitrogen and oxygen atoms in total. The average molecular weight is 486 g/mol. The lowest BCUT2D eigenvalue weighted by molar-refractivity contribution is 0.103. The molecule has 0 spiro atoms. The van der Waals surface area contributed by atoms with E-state index in [9.17, 15) is 13.6 Å². The second-order valence-electron chi connectivity index (χ2n) is 7.53. The topological polar surface area (TPSA) is 82.7 Å². The highest BCUT2D eigenvalue weighted by atomic mass is 32.2. The minimum Gasteiger partial charge on any atom is -0.369 e. The van der Waals surface area contributed by atoms with Gasteiger partial charge in [-0.3, -0.25) is 4.79 Å². The molecule has 0 aliphatic rings. The molecule has 4 rings (SSSR count). The summed E-state index contributed by atoms with van der Waals surface area (Å²) in [6.07, 6.45) is 5.70. The smallest absolute Gasteiger partial charge is 0.201 e. The van der Waals surface area contributed by atoms with Crippen molar-refractivity contribution in [2.45, 2.75) is 31.1 Å². The van der Waals surface area contributed by atoms with Gasteiger partial charge in [-0.25, -0.2) is 23.1 Å². The summed E-state index contributed by atoms with van der Waals surface area (Å²) in [6, 6.07) is 8.11. The molecule has 0 amide bonds. The van der Waals surface area contributed by atoms with Crippen LogP contribution in [0.1, 0.15) is 42.1 Å². The lowest BCUT2D eigenvalue weighted by atomic mass is 10.0. The van der Waals surface area contributed by atoms with Crippen molar-refractivity contribution in [2.75, 3.05) is 16.6 Å². The number of rotatable bonds is 10. The number of nitrogens with one attached hydrogen (secondary N) is 3. The second-order valence-corrected chi connectivity index (χ2v) is 8.38. The van der Waals surface area contributed by atoms with Crippen LogP contribution in [0.25, 0.3) is 11.0 Å². The third kappa shape index (κ3) is 4.86. The van der Waals surface area contributed by atoms with Gasteiger partial charge in [0.15, 0.2) is 5.82 Å². The molecular weight excluding hydrogens is 463 g/mol. The van der Waals surface area contributed by atoms with Crippen molar-refractivity contribution in [1.82, 2.24) is 15.0 Å². The molecule has 176 valence electrons. The van der Waals surface area contributed by atoms with Gasteiger partial charge in [-0.2, -0.15) is 0 Å². The molecule has 0 saturated heterocycles. The Bertz CT molecular complexity index is 1330. The maximum Gasteiger partial charge on any atom is 0.201 e. The van der Waals surface area contributed by atoms with Crippen molar-refractivity contribution in [3.8, 4) is 0 Å². The summed E-state index contributed by atoms with van der Waals surface area (Å²) in [5.41, 5.74) is -0.445. The summed E-state index contributed by atoms with van der Waals surface area (Å²) in [7, 11) is 0. The van der Waals surface area contributed by atoms with Gasteiger partial charge < -0.3 is 15.0 Å². The molecule has 4 aromatic rings. The quantitative estimate of drug-likeness (QED) is 0.138. The normalized spacial score (nSPS) is 11.1. The van der Waals surface area contributed by atoms with E-state index in [1.54, 1.807) is 6.07 Å². The van der Waals surface area contributed by atoms with E-state index < -0.39 is 28.8 Å². The fourth-order valence-corrected chi connectivity index (χ4v) is 4.16. The van der Waals surface area contributed by atoms with Crippen LogP contribution in [0.5, 0.6) is 0 Å². The number of hydrogen-bond donors (Lipinski definition) is 3. The van der Waals surface area contributed by atoms with E-state index in [1.165, 1.54) is 30.7 Å². The molecule has 2 aromatic heterocycles. The van der Waals surface area contributed by atoms with Crippen LogP contribution in [-0.2, 0) is 0 Å². The Hall–Kier alpha value is -3.53. The average Bonchev–Trinajstić information content (AvgIpc) is 3.27. The van der Waals surface area contributed by atoms with Crippen LogP contribution in [-0.4, -0.2) is 27.3 Å². The summed E-state index contributed by atoms with van der Waals surface area (Å²) in [5.74, 6) is -3.01. The predicted octanol–water partition coefficient (Wildman–Crippen LogP) is 6.33. The molecule has 3 N–H and O–H groups in total. The Kier molecular flexibility index (Phi) is 7.36. The number of hydrogen-bond acceptors (Lipinski definition) is 6. The van der Waals surface area contributed by atoms with Crippen LogP contribution >= 0.6 is 11.9 Å². The van der Waals surface area contributed by atoms with Crippen molar-refractivity contribution in [3.05, 3.63) is 77.5 Å². The Balaban J connectivity index is 1.65. The van der Waals surface area contributed by atoms with Gasteiger partial charge in [0.1, 0.15) is 29.4 Å². The summed E-state index contributed by atoms with van der Waals surface area (Å²) >= 11 is 0.821. The van der Waals surface area contributed by atoms with Crippen LogP contribution in [0.3, 0.4) is 0 Å². The number of unbranched alkanes of at least 4 members (excludes halogenated alkanes) is 2. The standard InChI is InChI=1S/C24H22F3N5OS/c1-2-3-6-11-28-23-19-14(12-29-24(19)31-13-30-23)22(33)20-16(26)9-10-17(21(20)27)32-34-18-8-5-4-7-15(18)25/h4-5,7-10,12-13,32H,2-3,6,11H2,1H3,(H2,28,29,30,31). The van der Waals surface area contributed by atoms with Gasteiger partial charge in [-0.1, -0.05) is 31.9 Å². The minimum atomic E-state index is -1.07. The fourth-order valence-electron chi connectivity index (χ4n) is 3.47. The number of H-pyrrole nitrogens is 1. The summed E-state index contributed by atoms with van der Waals surface area (Å²) < 4.78 is 46.5. The highest BCUT2D eigenvalue weighted by Gasteiger charge is 2.26. The van der Waals surface area contributed by atoms with Gasteiger partial charge in [0.2, 0.25) is 5.78 Å². The first kappa shape index (κ1) is 23.6. The zero-order valence-electron chi connectivity index (χ0n) is 18.3. The van der Waals surface area contributed by atoms with Crippen LogP contribution in [0, 0.1) is 17.5 Å². The van der Waals surface area contributed by atoms with E-state index in [0.29, 0.717) is 23.4 Å². The molecule has 0 saturated carbocycles. The first-order valence-corrected chi connectivity index (χ1v) is 11.6. The third-order valence-electron chi connectivity index (χ3n) is 5.21. The van der Waals surface area contributed by atoms with Gasteiger partial charge in [0.25, 0.3) is 0 Å². The molecule has 0 unspecified atom stereocenters. The highest BCUT2D eigenvalue weighted by Crippen LogP contribution is 2.31. The van der Waals surface area contributed by atoms with Crippen molar-refractivity contribution < 1.29 is 18.0 Å². The second kappa shape index (κ2) is 10.6. The Morgan fingerprint density at radius 1 is 1.06 bits per heavy atom. The first-order valence-electron chi connectivity index (χ1n) is 10.8. The van der Waals surface area contributed by atoms with Crippen molar-refractivity contribution in [3.63, 3.8) is 0 Å². The summed E-state index contributed by atoms with van der Waals surface area (Å²) in [6.45, 7) is 2.72. The molecule has 10 heteroatoms. The number of aromatic nitrogens is 3. The van der Waals surface area contributed by atoms with Crippen LogP contribution < -0.4 is 10.0 Å². The number of carbonyl (C=O) groups excluding carboxylic acids is 1. The van der Waals surface area contributed by atoms with Crippen molar-refractivity contribution >= 4 is 40.3 Å². The highest BCUT2D eigenvalue weighted by molar-refractivity contribution is 8.00. The van der Waals surface area contributed by atoms with Gasteiger partial charge in [0, 0.05) is 12.7 Å². The molecule has 0 aliphatic heterocycles. The number of ketones is 1. The van der Waals surface area contributed by atoms with Gasteiger partial charge in [0.05, 0.1) is 27.1 Å². The van der Waals surface area contributed by atoms with E-state index in [2.05, 4.69) is 31.9 Å². The van der Waals surface area contributed by atoms with Gasteiger partial charge in [-0.15, -0.1) is 0 Å². The largest absolute Gasteiger partial charge is 0.369 e. The Morgan fingerprint density at radius 2 is 1.88 bits per heavy atom. The van der Waals surface area contributed by atoms with Crippen LogP contribution in [0.2, 0.25) is 0 Å². The van der Waals surface area contributed by atoms with Crippen LogP contribution in [0.4, 0.5) is 24.7 Å². The number of benzene rings is 2. The SMILES string of the molecule is CCCCCNc1ncnc2[nH]cc(C(=O)c3c(F)ccc(NSc4ccccc4F)c3F)c12. The van der Waals surface area contributed by atoms with Crippen molar-refractivity contribution in [1.29, 1.82) is 0 Å². The van der Waals surface area contributed by atoms with Crippen LogP contribution in [0.15, 0.2) is 53.8 Å². The molecule has 0 radical (unpaired) electrons. The minimum absolute atomic E-state index is 0.0466. The van der Waals surface area contributed by atoms with Gasteiger partial charge in [-0.05, 0) is 42.6 Å². The number of anilines is 2. The first-order chi connectivity index (χ1) is 16.5. The molecule has 0 fully saturated rings.